The molecule has 0 radical (unpaired) electrons. The number of hydrogen-bond donors (Lipinski definition) is 7. The summed E-state index contributed by atoms with van der Waals surface area (Å²) in [5.41, 5.74) is 9.11. The minimum Gasteiger partial charge on any atom is -0.508 e. The van der Waals surface area contributed by atoms with Crippen LogP contribution in [0.4, 0.5) is 0 Å². The average Bonchev–Trinajstić information content (AvgIpc) is 1.72. The van der Waals surface area contributed by atoms with Gasteiger partial charge in [-0.15, -0.1) is 11.8 Å². The average molecular weight is 1520 g/mol. The number of benzene rings is 5. The molecular weight excluding hydrogens is 1420 g/mol. The van der Waals surface area contributed by atoms with Gasteiger partial charge in [-0.05, 0) is 58.4 Å². The van der Waals surface area contributed by atoms with Gasteiger partial charge in [0.1, 0.15) is 54.4 Å². The van der Waals surface area contributed by atoms with Crippen molar-refractivity contribution in [1.29, 1.82) is 0 Å². The van der Waals surface area contributed by atoms with E-state index in [1.807, 2.05) is 6.92 Å². The summed E-state index contributed by atoms with van der Waals surface area (Å²) in [5.74, 6) is -13.3. The van der Waals surface area contributed by atoms with Crippen LogP contribution in [0, 0.1) is 17.8 Å². The number of rotatable bonds is 21. The molecule has 0 bridgehead atoms. The summed E-state index contributed by atoms with van der Waals surface area (Å²) < 4.78 is 5.12. The number of carbonyl (C=O) groups is 14. The van der Waals surface area contributed by atoms with Gasteiger partial charge in [0.15, 0.2) is 11.6 Å². The number of hydrogen-bond acceptors (Lipinski definition) is 17. The standard InChI is InChI=1S/C81H101N11O16S/c1-9-10-30-67-80(106)88(4)45-59(95)41-57(47-108-50-93)71(97)43-61(51(2)3)77(103)91(7)68(39-53-24-16-12-17-25-53)76(102)86-64(38-55-31-33-58(94)34-32-55)78(104)89(5)46-73(99)84-63(42-56-44-83-62-29-21-20-28-60(56)62)75(101)87-66(70(96)35-36-72(82)98)48-109-49-74(100)85-65(37-52-22-14-11-15-23-52)79(105)92(8)69(81(107)90(67)6)40-54-26-18-13-19-27-54/h11-29,31-34,44,50-51,57,61,63-69,83,94H,9-10,30,35-43,45-49H2,1-8H3,(H2,82,98)(H,84,99)(H,85,100)(H,86,102)(H,87,101)/t57-,61-,63-,64-,65-,66-,67-,68-,69-/m0/s1. The summed E-state index contributed by atoms with van der Waals surface area (Å²) in [5, 5.41) is 22.1. The molecule has 582 valence electrons. The fourth-order valence-corrected chi connectivity index (χ4v) is 14.1. The van der Waals surface area contributed by atoms with E-state index in [0.29, 0.717) is 51.6 Å². The summed E-state index contributed by atoms with van der Waals surface area (Å²) in [4.78, 5) is 211. The van der Waals surface area contributed by atoms with E-state index in [-0.39, 0.29) is 56.5 Å². The van der Waals surface area contributed by atoms with Crippen molar-refractivity contribution in [2.24, 2.45) is 23.5 Å². The second-order valence-electron chi connectivity index (χ2n) is 28.1. The van der Waals surface area contributed by atoms with Gasteiger partial charge in [-0.1, -0.05) is 155 Å². The molecule has 9 atom stereocenters. The van der Waals surface area contributed by atoms with E-state index in [2.05, 4.69) is 26.3 Å². The Labute approximate surface area is 639 Å². The van der Waals surface area contributed by atoms with Gasteiger partial charge >= 0.3 is 0 Å². The number of unbranched alkanes of at least 4 members (excludes halogenated alkanes) is 1. The molecule has 109 heavy (non-hydrogen) atoms. The van der Waals surface area contributed by atoms with Crippen LogP contribution in [-0.2, 0) is 104 Å². The third-order valence-electron chi connectivity index (χ3n) is 19.6. The van der Waals surface area contributed by atoms with Crippen molar-refractivity contribution in [3.8, 4) is 5.75 Å². The second-order valence-corrected chi connectivity index (χ2v) is 29.2. The van der Waals surface area contributed by atoms with Crippen LogP contribution in [0.1, 0.15) is 93.5 Å². The first kappa shape index (κ1) is 85.2. The van der Waals surface area contributed by atoms with Crippen LogP contribution in [0.25, 0.3) is 10.9 Å². The number of primary amides is 1. The second kappa shape index (κ2) is 41.9. The zero-order chi connectivity index (χ0) is 79.4. The number of carbonyl (C=O) groups excluding carboxylic acids is 14. The number of nitrogens with zero attached hydrogens (tertiary/aromatic N) is 5. The van der Waals surface area contributed by atoms with Crippen molar-refractivity contribution in [2.45, 2.75) is 140 Å². The Balaban J connectivity index is 1.31. The van der Waals surface area contributed by atoms with Crippen LogP contribution in [0.15, 0.2) is 146 Å². The van der Waals surface area contributed by atoms with E-state index in [9.17, 15) is 48.3 Å². The quantitative estimate of drug-likeness (QED) is 0.0489. The van der Waals surface area contributed by atoms with Gasteiger partial charge in [-0.25, -0.2) is 0 Å². The van der Waals surface area contributed by atoms with Crippen LogP contribution in [0.3, 0.4) is 0 Å². The lowest BCUT2D eigenvalue weighted by Crippen LogP contribution is -2.58. The van der Waals surface area contributed by atoms with Crippen molar-refractivity contribution in [1.82, 2.24) is 50.8 Å². The highest BCUT2D eigenvalue weighted by molar-refractivity contribution is 8.00. The third-order valence-corrected chi connectivity index (χ3v) is 20.6. The Kier molecular flexibility index (Phi) is 32.8. The maximum Gasteiger partial charge on any atom is 0.293 e. The van der Waals surface area contributed by atoms with E-state index in [4.69, 9.17) is 10.5 Å². The zero-order valence-electron chi connectivity index (χ0n) is 63.0. The summed E-state index contributed by atoms with van der Waals surface area (Å²) in [7, 11) is 6.90. The van der Waals surface area contributed by atoms with Crippen LogP contribution < -0.4 is 27.0 Å². The number of aromatic amines is 1. The molecule has 1 fully saturated rings. The maximum absolute atomic E-state index is 15.4. The van der Waals surface area contributed by atoms with Crippen molar-refractivity contribution in [2.75, 3.05) is 66.4 Å². The number of para-hydroxylation sites is 1. The molecular formula is C81H101N11O16S. The number of ketones is 3. The Morgan fingerprint density at radius 1 is 0.569 bits per heavy atom. The highest BCUT2D eigenvalue weighted by atomic mass is 32.2. The minimum atomic E-state index is -1.47. The van der Waals surface area contributed by atoms with Crippen LogP contribution in [0.5, 0.6) is 5.75 Å². The third kappa shape index (κ3) is 25.3. The number of aromatic nitrogens is 1. The normalized spacial score (nSPS) is 21.9. The van der Waals surface area contributed by atoms with Gasteiger partial charge in [0.2, 0.25) is 59.1 Å². The Hall–Kier alpha value is -11.0. The highest BCUT2D eigenvalue weighted by Gasteiger charge is 2.41. The predicted molar refractivity (Wildman–Crippen MR) is 410 cm³/mol. The van der Waals surface area contributed by atoms with Crippen LogP contribution >= 0.6 is 11.8 Å². The largest absolute Gasteiger partial charge is 0.508 e. The lowest BCUT2D eigenvalue weighted by atomic mass is 9.84. The van der Waals surface area contributed by atoms with E-state index in [1.165, 1.54) is 74.2 Å². The number of H-pyrrole nitrogens is 1. The molecule has 7 rings (SSSR count). The monoisotopic (exact) mass is 1520 g/mol. The Bertz CT molecular complexity index is 4140. The fraction of sp³-hybridized carbons (Fsp3) is 0.432. The first-order chi connectivity index (χ1) is 52.1. The summed E-state index contributed by atoms with van der Waals surface area (Å²) >= 11 is 0.908. The molecule has 27 nitrogen and oxygen atoms in total. The number of Topliss-reactive ketones (excluding diaryl/α,β-unsaturated/α-hetero) is 3. The molecule has 5 aromatic carbocycles. The van der Waals surface area contributed by atoms with Crippen molar-refractivity contribution >= 4 is 106 Å². The number of ether oxygens (including phenoxy) is 1. The molecule has 1 aromatic heterocycles. The van der Waals surface area contributed by atoms with Gasteiger partial charge in [-0.3, -0.25) is 67.1 Å². The number of fused-ring (bicyclic) bond motifs is 1. The van der Waals surface area contributed by atoms with Crippen LogP contribution in [0.2, 0.25) is 0 Å². The lowest BCUT2D eigenvalue weighted by Gasteiger charge is -2.37. The molecule has 10 amide bonds. The van der Waals surface area contributed by atoms with Gasteiger partial charge in [-0.2, -0.15) is 0 Å². The van der Waals surface area contributed by atoms with Gasteiger partial charge in [0.25, 0.3) is 6.47 Å². The molecule has 1 aliphatic rings. The highest BCUT2D eigenvalue weighted by Crippen LogP contribution is 2.27. The number of aromatic hydroxyl groups is 1. The van der Waals surface area contributed by atoms with Gasteiger partial charge < -0.3 is 66.3 Å². The Morgan fingerprint density at radius 3 is 1.71 bits per heavy atom. The number of phenols is 1. The zero-order valence-corrected chi connectivity index (χ0v) is 63.8. The molecule has 0 saturated carbocycles. The topological polar surface area (TPSA) is 375 Å². The molecule has 1 aliphatic heterocycles. The lowest BCUT2D eigenvalue weighted by molar-refractivity contribution is -0.151. The number of likely N-dealkylation sites (N-methyl/N-ethyl adjacent to an activating group) is 5. The first-order valence-electron chi connectivity index (χ1n) is 36.5. The van der Waals surface area contributed by atoms with E-state index < -0.39 is 188 Å². The van der Waals surface area contributed by atoms with Gasteiger partial charge in [0, 0.05) is 122 Å². The van der Waals surface area contributed by atoms with E-state index >= 15 is 24.0 Å². The molecule has 8 N–H and O–H groups in total. The minimum absolute atomic E-state index is 0.0537. The molecule has 0 spiro atoms. The Morgan fingerprint density at radius 2 is 1.11 bits per heavy atom. The van der Waals surface area contributed by atoms with E-state index in [0.717, 1.165) is 21.6 Å². The SMILES string of the molecule is CCCC[C@H]1C(=O)N(C)CC(=O)C[C@@H](COC=O)C(=O)C[C@@H](C(C)C)C(=O)N(C)[C@@H](Cc2ccccc2)C(=O)N[C@@H](Cc2ccc(O)cc2)C(=O)N(C)CC(=O)N[C@@H](Cc2c[nH]c3ccccc23)C(=O)N[C@H](C(=O)CCC(N)=O)CSCC(=O)N[C@@H](Cc2ccccc2)C(=O)N(C)[C@@H](Cc2ccccc2)C(=O)N1C. The maximum atomic E-state index is 15.4. The molecule has 0 aliphatic carbocycles. The summed E-state index contributed by atoms with van der Waals surface area (Å²) in [6.07, 6.45) is 0.292. The number of nitrogens with two attached hydrogens (primary N) is 1. The molecule has 1 saturated heterocycles. The van der Waals surface area contributed by atoms with Crippen molar-refractivity contribution in [3.63, 3.8) is 0 Å². The number of amides is 10. The number of thioether (sulfide) groups is 1. The summed E-state index contributed by atoms with van der Waals surface area (Å²) in [6.45, 7) is 3.53. The number of nitrogens with one attached hydrogen (secondary N) is 5. The van der Waals surface area contributed by atoms with Crippen LogP contribution in [-0.4, -0.2) is 226 Å². The van der Waals surface area contributed by atoms with Gasteiger partial charge in [0.05, 0.1) is 30.8 Å². The summed E-state index contributed by atoms with van der Waals surface area (Å²) in [6, 6.07) is 29.7. The molecule has 2 heterocycles. The molecule has 6 aromatic rings. The molecule has 0 unspecified atom stereocenters. The number of phenolic OH excluding ortho intramolecular Hbond substituents is 1. The van der Waals surface area contributed by atoms with E-state index in [1.54, 1.807) is 135 Å². The predicted octanol–water partition coefficient (Wildman–Crippen LogP) is 4.48. The molecule has 28 heteroatoms. The van der Waals surface area contributed by atoms with Crippen molar-refractivity contribution in [3.05, 3.63) is 174 Å². The first-order valence-corrected chi connectivity index (χ1v) is 37.7. The fourth-order valence-electron chi connectivity index (χ4n) is 13.2. The van der Waals surface area contributed by atoms with Crippen molar-refractivity contribution < 1.29 is 77.0 Å². The smallest absolute Gasteiger partial charge is 0.293 e.